The molecule has 24 heavy (non-hydrogen) atoms. The standard InChI is InChI=1S/C19H41N5/c1-7-9-10-11-19(3,4)16-22-18(20-8-2)21-14-17-15-23(5)12-13-24(17)6/h17H,7-16H2,1-6H3,(H2,20,21,22). The van der Waals surface area contributed by atoms with Crippen molar-refractivity contribution < 1.29 is 0 Å². The molecule has 0 aromatic heterocycles. The van der Waals surface area contributed by atoms with Crippen LogP contribution < -0.4 is 10.6 Å². The number of hydrogen-bond acceptors (Lipinski definition) is 3. The molecule has 0 spiro atoms. The maximum Gasteiger partial charge on any atom is 0.191 e. The molecular formula is C19H41N5. The van der Waals surface area contributed by atoms with Gasteiger partial charge in [-0.1, -0.05) is 40.0 Å². The molecular weight excluding hydrogens is 298 g/mol. The number of hydrogen-bond donors (Lipinski definition) is 2. The minimum Gasteiger partial charge on any atom is -0.357 e. The number of rotatable bonds is 9. The fraction of sp³-hybridized carbons (Fsp3) is 0.947. The first-order valence-electron chi connectivity index (χ1n) is 9.79. The third kappa shape index (κ3) is 8.34. The summed E-state index contributed by atoms with van der Waals surface area (Å²) in [5, 5.41) is 6.95. The molecule has 1 fully saturated rings. The van der Waals surface area contributed by atoms with Crippen molar-refractivity contribution in [3.05, 3.63) is 0 Å². The zero-order valence-corrected chi connectivity index (χ0v) is 17.0. The highest BCUT2D eigenvalue weighted by atomic mass is 15.3. The molecule has 1 aliphatic heterocycles. The lowest BCUT2D eigenvalue weighted by Crippen LogP contribution is -2.55. The molecule has 1 heterocycles. The predicted molar refractivity (Wildman–Crippen MR) is 106 cm³/mol. The van der Waals surface area contributed by atoms with E-state index in [9.17, 15) is 0 Å². The summed E-state index contributed by atoms with van der Waals surface area (Å²) in [7, 11) is 4.43. The van der Waals surface area contributed by atoms with E-state index >= 15 is 0 Å². The molecule has 142 valence electrons. The van der Waals surface area contributed by atoms with Crippen molar-refractivity contribution in [2.24, 2.45) is 10.4 Å². The highest BCUT2D eigenvalue weighted by Crippen LogP contribution is 2.23. The smallest absolute Gasteiger partial charge is 0.191 e. The first kappa shape index (κ1) is 21.2. The van der Waals surface area contributed by atoms with Crippen LogP contribution in [0.25, 0.3) is 0 Å². The Bertz CT molecular complexity index is 367. The maximum absolute atomic E-state index is 4.85. The molecule has 1 rings (SSSR count). The van der Waals surface area contributed by atoms with Crippen molar-refractivity contribution in [2.45, 2.75) is 59.4 Å². The van der Waals surface area contributed by atoms with Crippen LogP contribution in [0.4, 0.5) is 0 Å². The van der Waals surface area contributed by atoms with E-state index in [4.69, 9.17) is 4.99 Å². The first-order valence-corrected chi connectivity index (χ1v) is 9.79. The summed E-state index contributed by atoms with van der Waals surface area (Å²) < 4.78 is 0. The lowest BCUT2D eigenvalue weighted by atomic mass is 9.87. The molecule has 0 amide bonds. The number of guanidine groups is 1. The van der Waals surface area contributed by atoms with Gasteiger partial charge in [-0.05, 0) is 32.9 Å². The predicted octanol–water partition coefficient (Wildman–Crippen LogP) is 2.39. The number of unbranched alkanes of at least 4 members (excludes halogenated alkanes) is 2. The molecule has 1 atom stereocenters. The van der Waals surface area contributed by atoms with Gasteiger partial charge in [0.05, 0.1) is 0 Å². The maximum atomic E-state index is 4.85. The Morgan fingerprint density at radius 1 is 1.12 bits per heavy atom. The van der Waals surface area contributed by atoms with E-state index in [1.165, 1.54) is 25.7 Å². The fourth-order valence-electron chi connectivity index (χ4n) is 3.10. The van der Waals surface area contributed by atoms with Crippen molar-refractivity contribution in [3.63, 3.8) is 0 Å². The minimum absolute atomic E-state index is 0.277. The zero-order chi connectivity index (χ0) is 18.0. The molecule has 0 aliphatic carbocycles. The Morgan fingerprint density at radius 2 is 1.88 bits per heavy atom. The van der Waals surface area contributed by atoms with E-state index in [0.29, 0.717) is 6.04 Å². The Kier molecular flexibility index (Phi) is 9.67. The Hall–Kier alpha value is -0.810. The molecule has 1 saturated heterocycles. The Labute approximate surface area is 150 Å². The van der Waals surface area contributed by atoms with E-state index in [-0.39, 0.29) is 5.41 Å². The summed E-state index contributed by atoms with van der Waals surface area (Å²) in [5.41, 5.74) is 0.277. The van der Waals surface area contributed by atoms with Crippen LogP contribution in [0.15, 0.2) is 4.99 Å². The lowest BCUT2D eigenvalue weighted by Gasteiger charge is -2.38. The Morgan fingerprint density at radius 3 is 2.54 bits per heavy atom. The summed E-state index contributed by atoms with van der Waals surface area (Å²) >= 11 is 0. The van der Waals surface area contributed by atoms with Crippen LogP contribution in [0.3, 0.4) is 0 Å². The van der Waals surface area contributed by atoms with Crippen LogP contribution >= 0.6 is 0 Å². The normalized spacial score (nSPS) is 21.1. The van der Waals surface area contributed by atoms with Gasteiger partial charge in [0.15, 0.2) is 5.96 Å². The molecule has 0 aromatic carbocycles. The summed E-state index contributed by atoms with van der Waals surface area (Å²) in [4.78, 5) is 9.71. The van der Waals surface area contributed by atoms with Gasteiger partial charge in [0, 0.05) is 45.3 Å². The topological polar surface area (TPSA) is 42.9 Å². The van der Waals surface area contributed by atoms with Crippen molar-refractivity contribution in [1.82, 2.24) is 20.4 Å². The van der Waals surface area contributed by atoms with Gasteiger partial charge in [-0.3, -0.25) is 9.89 Å². The highest BCUT2D eigenvalue weighted by molar-refractivity contribution is 5.79. The fourth-order valence-corrected chi connectivity index (χ4v) is 3.10. The van der Waals surface area contributed by atoms with E-state index in [1.807, 2.05) is 0 Å². The molecule has 2 N–H and O–H groups in total. The minimum atomic E-state index is 0.277. The van der Waals surface area contributed by atoms with E-state index in [0.717, 1.165) is 45.2 Å². The van der Waals surface area contributed by atoms with E-state index < -0.39 is 0 Å². The average Bonchev–Trinajstić information content (AvgIpc) is 2.53. The number of nitrogens with zero attached hydrogens (tertiary/aromatic N) is 3. The van der Waals surface area contributed by atoms with Gasteiger partial charge in [-0.2, -0.15) is 0 Å². The zero-order valence-electron chi connectivity index (χ0n) is 17.0. The molecule has 5 heteroatoms. The molecule has 1 aliphatic rings. The molecule has 0 saturated carbocycles. The average molecular weight is 340 g/mol. The van der Waals surface area contributed by atoms with Gasteiger partial charge in [-0.25, -0.2) is 0 Å². The summed E-state index contributed by atoms with van der Waals surface area (Å²) in [5.74, 6) is 0.961. The Balaban J connectivity index is 2.49. The van der Waals surface area contributed by atoms with E-state index in [2.05, 4.69) is 62.2 Å². The number of nitrogens with one attached hydrogen (secondary N) is 2. The molecule has 1 unspecified atom stereocenters. The molecule has 0 bridgehead atoms. The summed E-state index contributed by atoms with van der Waals surface area (Å²) in [6.45, 7) is 15.2. The highest BCUT2D eigenvalue weighted by Gasteiger charge is 2.22. The van der Waals surface area contributed by atoms with Crippen LogP contribution in [0, 0.1) is 5.41 Å². The lowest BCUT2D eigenvalue weighted by molar-refractivity contribution is 0.116. The summed E-state index contributed by atoms with van der Waals surface area (Å²) in [6.07, 6.45) is 5.17. The largest absolute Gasteiger partial charge is 0.357 e. The molecule has 0 radical (unpaired) electrons. The van der Waals surface area contributed by atoms with Gasteiger partial charge in [-0.15, -0.1) is 0 Å². The number of piperazine rings is 1. The van der Waals surface area contributed by atoms with E-state index in [1.54, 1.807) is 0 Å². The van der Waals surface area contributed by atoms with Gasteiger partial charge in [0.1, 0.15) is 0 Å². The first-order chi connectivity index (χ1) is 11.4. The second kappa shape index (κ2) is 10.9. The van der Waals surface area contributed by atoms with Crippen molar-refractivity contribution in [1.29, 1.82) is 0 Å². The quantitative estimate of drug-likeness (QED) is 0.385. The van der Waals surface area contributed by atoms with Gasteiger partial charge in [0.2, 0.25) is 0 Å². The van der Waals surface area contributed by atoms with Crippen LogP contribution in [0.1, 0.15) is 53.4 Å². The van der Waals surface area contributed by atoms with Crippen molar-refractivity contribution >= 4 is 5.96 Å². The van der Waals surface area contributed by atoms with Gasteiger partial charge >= 0.3 is 0 Å². The van der Waals surface area contributed by atoms with Crippen LogP contribution in [0.2, 0.25) is 0 Å². The molecule has 0 aromatic rings. The van der Waals surface area contributed by atoms with Crippen LogP contribution in [0.5, 0.6) is 0 Å². The van der Waals surface area contributed by atoms with Gasteiger partial charge < -0.3 is 15.5 Å². The van der Waals surface area contributed by atoms with Crippen LogP contribution in [-0.2, 0) is 0 Å². The van der Waals surface area contributed by atoms with Crippen LogP contribution in [-0.4, -0.2) is 75.2 Å². The second-order valence-corrected chi connectivity index (χ2v) is 8.09. The number of likely N-dealkylation sites (N-methyl/N-ethyl adjacent to an activating group) is 2. The monoisotopic (exact) mass is 339 g/mol. The SMILES string of the molecule is CCCCCC(C)(C)CN=C(NCC)NCC1CN(C)CCN1C. The third-order valence-corrected chi connectivity index (χ3v) is 4.95. The molecule has 5 nitrogen and oxygen atoms in total. The van der Waals surface area contributed by atoms with Gasteiger partial charge in [0.25, 0.3) is 0 Å². The van der Waals surface area contributed by atoms with Crippen molar-refractivity contribution in [3.8, 4) is 0 Å². The summed E-state index contributed by atoms with van der Waals surface area (Å²) in [6, 6.07) is 0.546. The second-order valence-electron chi connectivity index (χ2n) is 8.09. The van der Waals surface area contributed by atoms with Crippen molar-refractivity contribution in [2.75, 3.05) is 53.4 Å². The third-order valence-electron chi connectivity index (χ3n) is 4.95. The number of aliphatic imine (C=N–C) groups is 1.